The average Bonchev–Trinajstić information content (AvgIpc) is 3.34. The topological polar surface area (TPSA) is 112 Å². The van der Waals surface area contributed by atoms with Crippen molar-refractivity contribution in [3.05, 3.63) is 112 Å². The highest BCUT2D eigenvalue weighted by atomic mass is 19.3. The lowest BCUT2D eigenvalue weighted by molar-refractivity contribution is -0.384. The summed E-state index contributed by atoms with van der Waals surface area (Å²) in [6, 6.07) is 16.9. The Morgan fingerprint density at radius 1 is 1.03 bits per heavy atom. The van der Waals surface area contributed by atoms with Gasteiger partial charge in [-0.25, -0.2) is 22.7 Å². The molecule has 0 bridgehead atoms. The SMILES string of the molecule is Cc1ccc(Oc2cc(NC(=O)c3cnn4c(C(F)F)cc(-c5ccc(F)cc5)nc34)cc([N+](=O)[O-])c2)cc1. The van der Waals surface area contributed by atoms with E-state index in [1.54, 1.807) is 24.3 Å². The van der Waals surface area contributed by atoms with Crippen LogP contribution in [0.15, 0.2) is 79.0 Å². The molecule has 3 aromatic carbocycles. The number of hydrogen-bond donors (Lipinski definition) is 1. The van der Waals surface area contributed by atoms with Gasteiger partial charge in [0.2, 0.25) is 0 Å². The third-order valence-electron chi connectivity index (χ3n) is 5.72. The molecule has 5 aromatic rings. The minimum atomic E-state index is -2.95. The molecule has 1 N–H and O–H groups in total. The second-order valence-electron chi connectivity index (χ2n) is 8.51. The van der Waals surface area contributed by atoms with Gasteiger partial charge in [-0.15, -0.1) is 0 Å². The highest BCUT2D eigenvalue weighted by Gasteiger charge is 2.22. The van der Waals surface area contributed by atoms with Gasteiger partial charge in [0.15, 0.2) is 5.65 Å². The number of nitro groups is 1. The van der Waals surface area contributed by atoms with Crippen LogP contribution in [-0.4, -0.2) is 25.4 Å². The highest BCUT2D eigenvalue weighted by Crippen LogP contribution is 2.31. The molecule has 0 aliphatic carbocycles. The predicted molar refractivity (Wildman–Crippen MR) is 136 cm³/mol. The van der Waals surface area contributed by atoms with E-state index >= 15 is 0 Å². The van der Waals surface area contributed by atoms with Gasteiger partial charge in [-0.3, -0.25) is 14.9 Å². The van der Waals surface area contributed by atoms with Crippen molar-refractivity contribution in [1.29, 1.82) is 0 Å². The Kier molecular flexibility index (Phi) is 6.67. The molecule has 12 heteroatoms. The lowest BCUT2D eigenvalue weighted by Crippen LogP contribution is -2.13. The number of aromatic nitrogens is 3. The molecule has 0 fully saturated rings. The van der Waals surface area contributed by atoms with Crippen molar-refractivity contribution in [3.63, 3.8) is 0 Å². The Balaban J connectivity index is 1.51. The van der Waals surface area contributed by atoms with E-state index in [1.807, 2.05) is 6.92 Å². The van der Waals surface area contributed by atoms with E-state index in [0.29, 0.717) is 11.3 Å². The Labute approximate surface area is 218 Å². The van der Waals surface area contributed by atoms with Crippen LogP contribution < -0.4 is 10.1 Å². The largest absolute Gasteiger partial charge is 0.457 e. The van der Waals surface area contributed by atoms with E-state index in [2.05, 4.69) is 15.4 Å². The number of fused-ring (bicyclic) bond motifs is 1. The van der Waals surface area contributed by atoms with Gasteiger partial charge >= 0.3 is 0 Å². The van der Waals surface area contributed by atoms with E-state index in [0.717, 1.165) is 40.5 Å². The van der Waals surface area contributed by atoms with Gasteiger partial charge in [-0.05, 0) is 49.4 Å². The van der Waals surface area contributed by atoms with Gasteiger partial charge in [0.1, 0.15) is 28.6 Å². The summed E-state index contributed by atoms with van der Waals surface area (Å²) in [5.41, 5.74) is 0.253. The maximum Gasteiger partial charge on any atom is 0.280 e. The zero-order chi connectivity index (χ0) is 27.7. The molecule has 1 amide bonds. The summed E-state index contributed by atoms with van der Waals surface area (Å²) < 4.78 is 47.6. The van der Waals surface area contributed by atoms with E-state index in [9.17, 15) is 28.1 Å². The Bertz CT molecular complexity index is 1700. The first-order chi connectivity index (χ1) is 18.7. The number of rotatable bonds is 7. The molecule has 9 nitrogen and oxygen atoms in total. The average molecular weight is 533 g/mol. The van der Waals surface area contributed by atoms with E-state index in [1.165, 1.54) is 24.3 Å². The highest BCUT2D eigenvalue weighted by molar-refractivity contribution is 6.08. The molecule has 0 saturated heterocycles. The first-order valence-corrected chi connectivity index (χ1v) is 11.5. The second kappa shape index (κ2) is 10.2. The molecule has 0 radical (unpaired) electrons. The Morgan fingerprint density at radius 2 is 1.74 bits per heavy atom. The van der Waals surface area contributed by atoms with Crippen LogP contribution >= 0.6 is 0 Å². The number of nitrogens with zero attached hydrogens (tertiary/aromatic N) is 4. The molecule has 39 heavy (non-hydrogen) atoms. The van der Waals surface area contributed by atoms with Gasteiger partial charge < -0.3 is 10.1 Å². The predicted octanol–water partition coefficient (Wildman–Crippen LogP) is 6.73. The summed E-state index contributed by atoms with van der Waals surface area (Å²) in [7, 11) is 0. The minimum absolute atomic E-state index is 0.0273. The number of nitrogens with one attached hydrogen (secondary N) is 1. The fraction of sp³-hybridized carbons (Fsp3) is 0.0741. The Morgan fingerprint density at radius 3 is 2.41 bits per heavy atom. The fourth-order valence-electron chi connectivity index (χ4n) is 3.83. The number of amides is 1. The molecule has 0 spiro atoms. The van der Waals surface area contributed by atoms with Crippen LogP contribution in [-0.2, 0) is 0 Å². The van der Waals surface area contributed by atoms with E-state index in [-0.39, 0.29) is 34.0 Å². The number of alkyl halides is 2. The number of benzene rings is 3. The number of halogens is 3. The number of hydrogen-bond acceptors (Lipinski definition) is 6. The molecular weight excluding hydrogens is 515 g/mol. The standard InChI is InChI=1S/C27H18F3N5O4/c1-15-2-8-20(9-3-15)39-21-11-18(10-19(12-21)35(37)38)32-27(36)22-14-31-34-24(25(29)30)13-23(33-26(22)34)16-4-6-17(28)7-5-16/h2-14,25H,1H3,(H,32,36). The van der Waals surface area contributed by atoms with Crippen LogP contribution in [0.2, 0.25) is 0 Å². The van der Waals surface area contributed by atoms with E-state index < -0.39 is 28.8 Å². The summed E-state index contributed by atoms with van der Waals surface area (Å²) in [5.74, 6) is -0.783. The Hall–Kier alpha value is -5.26. The molecule has 0 saturated carbocycles. The molecule has 196 valence electrons. The van der Waals surface area contributed by atoms with Gasteiger partial charge in [0.05, 0.1) is 28.6 Å². The van der Waals surface area contributed by atoms with Crippen molar-refractivity contribution in [1.82, 2.24) is 14.6 Å². The first-order valence-electron chi connectivity index (χ1n) is 11.5. The summed E-state index contributed by atoms with van der Waals surface area (Å²) in [5, 5.41) is 17.9. The number of carbonyl (C=O) groups excluding carboxylic acids is 1. The molecular formula is C27H18F3N5O4. The zero-order valence-electron chi connectivity index (χ0n) is 20.1. The number of nitro benzene ring substituents is 1. The fourth-order valence-corrected chi connectivity index (χ4v) is 3.83. The van der Waals surface area contributed by atoms with Crippen LogP contribution in [0.25, 0.3) is 16.9 Å². The zero-order valence-corrected chi connectivity index (χ0v) is 20.1. The monoisotopic (exact) mass is 533 g/mol. The van der Waals surface area contributed by atoms with Crippen LogP contribution in [0.1, 0.15) is 28.0 Å². The number of non-ortho nitro benzene ring substituents is 1. The van der Waals surface area contributed by atoms with Crippen LogP contribution in [0.4, 0.5) is 24.5 Å². The maximum absolute atomic E-state index is 13.9. The van der Waals surface area contributed by atoms with Gasteiger partial charge in [-0.1, -0.05) is 17.7 Å². The van der Waals surface area contributed by atoms with Crippen molar-refractivity contribution >= 4 is 22.9 Å². The third-order valence-corrected chi connectivity index (χ3v) is 5.72. The summed E-state index contributed by atoms with van der Waals surface area (Å²) >= 11 is 0. The minimum Gasteiger partial charge on any atom is -0.457 e. The molecule has 2 aromatic heterocycles. The lowest BCUT2D eigenvalue weighted by Gasteiger charge is -2.10. The number of ether oxygens (including phenoxy) is 1. The van der Waals surface area contributed by atoms with Crippen molar-refractivity contribution in [2.75, 3.05) is 5.32 Å². The quantitative estimate of drug-likeness (QED) is 0.183. The summed E-state index contributed by atoms with van der Waals surface area (Å²) in [6.45, 7) is 1.90. The molecule has 2 heterocycles. The number of anilines is 1. The lowest BCUT2D eigenvalue weighted by atomic mass is 10.1. The molecule has 0 aliphatic rings. The van der Waals surface area contributed by atoms with Gasteiger partial charge in [0.25, 0.3) is 18.0 Å². The van der Waals surface area contributed by atoms with Crippen molar-refractivity contribution in [2.24, 2.45) is 0 Å². The molecule has 0 unspecified atom stereocenters. The summed E-state index contributed by atoms with van der Waals surface area (Å²) in [4.78, 5) is 28.4. The van der Waals surface area contributed by atoms with Crippen molar-refractivity contribution in [3.8, 4) is 22.8 Å². The van der Waals surface area contributed by atoms with Crippen LogP contribution in [0.3, 0.4) is 0 Å². The molecule has 0 aliphatic heterocycles. The van der Waals surface area contributed by atoms with Gasteiger partial charge in [0, 0.05) is 17.7 Å². The van der Waals surface area contributed by atoms with Crippen molar-refractivity contribution < 1.29 is 27.6 Å². The first kappa shape index (κ1) is 25.4. The summed E-state index contributed by atoms with van der Waals surface area (Å²) in [6.07, 6.45) is -1.89. The van der Waals surface area contributed by atoms with Crippen LogP contribution in [0, 0.1) is 22.9 Å². The van der Waals surface area contributed by atoms with Crippen molar-refractivity contribution in [2.45, 2.75) is 13.3 Å². The molecule has 5 rings (SSSR count). The molecule has 0 atom stereocenters. The second-order valence-corrected chi connectivity index (χ2v) is 8.51. The van der Waals surface area contributed by atoms with Gasteiger partial charge in [-0.2, -0.15) is 5.10 Å². The third kappa shape index (κ3) is 5.39. The number of carbonyl (C=O) groups is 1. The van der Waals surface area contributed by atoms with E-state index in [4.69, 9.17) is 4.74 Å². The number of aryl methyl sites for hydroxylation is 1. The maximum atomic E-state index is 13.9. The van der Waals surface area contributed by atoms with Crippen LogP contribution in [0.5, 0.6) is 11.5 Å². The normalized spacial score (nSPS) is 11.1. The smallest absolute Gasteiger partial charge is 0.280 e.